The maximum atomic E-state index is 12.4. The summed E-state index contributed by atoms with van der Waals surface area (Å²) in [4.78, 5) is 14.1. The van der Waals surface area contributed by atoms with Crippen molar-refractivity contribution < 1.29 is 4.79 Å². The van der Waals surface area contributed by atoms with Crippen molar-refractivity contribution in [2.45, 2.75) is 25.8 Å². The minimum Gasteiger partial charge on any atom is -0.310 e. The summed E-state index contributed by atoms with van der Waals surface area (Å²) in [5.74, 6) is 0.0355. The van der Waals surface area contributed by atoms with E-state index in [0.29, 0.717) is 27.3 Å². The van der Waals surface area contributed by atoms with Gasteiger partial charge in [0.25, 0.3) is 0 Å². The molecule has 6 heteroatoms. The van der Waals surface area contributed by atoms with E-state index >= 15 is 0 Å². The normalized spacial score (nSPS) is 19.9. The first-order chi connectivity index (χ1) is 9.04. The first-order valence-electron chi connectivity index (χ1n) is 6.24. The monoisotopic (exact) mass is 320 g/mol. The average molecular weight is 322 g/mol. The summed E-state index contributed by atoms with van der Waals surface area (Å²) in [6.07, 6.45) is 1.78. The van der Waals surface area contributed by atoms with E-state index in [9.17, 15) is 4.79 Å². The van der Waals surface area contributed by atoms with Crippen molar-refractivity contribution in [3.63, 3.8) is 0 Å². The number of benzene rings is 1. The van der Waals surface area contributed by atoms with E-state index in [4.69, 9.17) is 34.8 Å². The molecule has 1 fully saturated rings. The molecule has 1 amide bonds. The van der Waals surface area contributed by atoms with Gasteiger partial charge in [0, 0.05) is 6.54 Å². The zero-order chi connectivity index (χ0) is 14.0. The standard InChI is InChI=1S/C13H15Cl3N2O/c1-2-17-11-4-3-5-18(13(11)19)12-7-9(15)8(14)6-10(12)16/h6-7,11,17H,2-5H2,1H3. The van der Waals surface area contributed by atoms with Gasteiger partial charge in [0.2, 0.25) is 5.91 Å². The summed E-state index contributed by atoms with van der Waals surface area (Å²) in [5.41, 5.74) is 0.628. The Balaban J connectivity index is 2.30. The Bertz CT molecular complexity index is 491. The largest absolute Gasteiger partial charge is 0.310 e. The molecule has 1 atom stereocenters. The van der Waals surface area contributed by atoms with Crippen molar-refractivity contribution in [3.05, 3.63) is 27.2 Å². The molecule has 0 spiro atoms. The number of halogens is 3. The second-order valence-corrected chi connectivity index (χ2v) is 5.68. The number of carbonyl (C=O) groups is 1. The van der Waals surface area contributed by atoms with Gasteiger partial charge in [-0.3, -0.25) is 4.79 Å². The number of piperidine rings is 1. The summed E-state index contributed by atoms with van der Waals surface area (Å²) in [6, 6.07) is 3.08. The fraction of sp³-hybridized carbons (Fsp3) is 0.462. The molecule has 104 valence electrons. The molecule has 0 aliphatic carbocycles. The summed E-state index contributed by atoms with van der Waals surface area (Å²) in [7, 11) is 0. The van der Waals surface area contributed by atoms with E-state index < -0.39 is 0 Å². The van der Waals surface area contributed by atoms with Crippen LogP contribution in [0.2, 0.25) is 15.1 Å². The summed E-state index contributed by atoms with van der Waals surface area (Å²) in [5, 5.41) is 4.42. The minimum atomic E-state index is -0.149. The Hall–Kier alpha value is -0.480. The maximum absolute atomic E-state index is 12.4. The molecule has 1 aromatic rings. The first kappa shape index (κ1) is 14.9. The molecule has 0 bridgehead atoms. The number of hydrogen-bond acceptors (Lipinski definition) is 2. The van der Waals surface area contributed by atoms with Gasteiger partial charge in [0.05, 0.1) is 26.8 Å². The van der Waals surface area contributed by atoms with Crippen LogP contribution in [0, 0.1) is 0 Å². The second kappa shape index (κ2) is 6.31. The van der Waals surface area contributed by atoms with Gasteiger partial charge in [-0.05, 0) is 31.5 Å². The van der Waals surface area contributed by atoms with Crippen LogP contribution < -0.4 is 10.2 Å². The Morgan fingerprint density at radius 3 is 2.63 bits per heavy atom. The molecule has 2 rings (SSSR count). The predicted octanol–water partition coefficient (Wildman–Crippen LogP) is 3.75. The zero-order valence-corrected chi connectivity index (χ0v) is 12.8. The highest BCUT2D eigenvalue weighted by Crippen LogP contribution is 2.35. The Morgan fingerprint density at radius 2 is 1.95 bits per heavy atom. The number of amides is 1. The van der Waals surface area contributed by atoms with E-state index in [0.717, 1.165) is 19.4 Å². The zero-order valence-electron chi connectivity index (χ0n) is 10.5. The molecule has 0 saturated carbocycles. The van der Waals surface area contributed by atoms with Crippen molar-refractivity contribution >= 4 is 46.4 Å². The van der Waals surface area contributed by atoms with Gasteiger partial charge in [-0.1, -0.05) is 41.7 Å². The first-order valence-corrected chi connectivity index (χ1v) is 7.37. The number of hydrogen-bond donors (Lipinski definition) is 1. The van der Waals surface area contributed by atoms with Gasteiger partial charge >= 0.3 is 0 Å². The molecule has 3 nitrogen and oxygen atoms in total. The lowest BCUT2D eigenvalue weighted by Gasteiger charge is -2.33. The number of anilines is 1. The number of likely N-dealkylation sites (N-methyl/N-ethyl adjacent to an activating group) is 1. The van der Waals surface area contributed by atoms with Crippen molar-refractivity contribution in [2.24, 2.45) is 0 Å². The number of carbonyl (C=O) groups excluding carboxylic acids is 1. The summed E-state index contributed by atoms with van der Waals surface area (Å²) < 4.78 is 0. The molecular weight excluding hydrogens is 307 g/mol. The lowest BCUT2D eigenvalue weighted by atomic mass is 10.0. The van der Waals surface area contributed by atoms with Crippen LogP contribution in [-0.2, 0) is 4.79 Å². The van der Waals surface area contributed by atoms with Gasteiger partial charge in [0.1, 0.15) is 0 Å². The van der Waals surface area contributed by atoms with Crippen LogP contribution in [0.5, 0.6) is 0 Å². The minimum absolute atomic E-state index is 0.0355. The van der Waals surface area contributed by atoms with Crippen molar-refractivity contribution in [1.29, 1.82) is 0 Å². The van der Waals surface area contributed by atoms with Gasteiger partial charge in [-0.25, -0.2) is 0 Å². The Morgan fingerprint density at radius 1 is 1.26 bits per heavy atom. The molecule has 19 heavy (non-hydrogen) atoms. The van der Waals surface area contributed by atoms with Crippen LogP contribution in [0.3, 0.4) is 0 Å². The number of rotatable bonds is 3. The van der Waals surface area contributed by atoms with Crippen molar-refractivity contribution in [1.82, 2.24) is 5.32 Å². The van der Waals surface area contributed by atoms with E-state index in [1.807, 2.05) is 6.92 Å². The molecule has 1 N–H and O–H groups in total. The lowest BCUT2D eigenvalue weighted by molar-refractivity contribution is -0.121. The molecule has 1 aliphatic heterocycles. The van der Waals surface area contributed by atoms with E-state index in [-0.39, 0.29) is 11.9 Å². The van der Waals surface area contributed by atoms with Crippen LogP contribution in [-0.4, -0.2) is 25.0 Å². The second-order valence-electron chi connectivity index (χ2n) is 4.46. The van der Waals surface area contributed by atoms with E-state index in [1.165, 1.54) is 0 Å². The van der Waals surface area contributed by atoms with Crippen LogP contribution in [0.15, 0.2) is 12.1 Å². The molecule has 0 aromatic heterocycles. The highest BCUT2D eigenvalue weighted by Gasteiger charge is 2.30. The van der Waals surface area contributed by atoms with E-state index in [1.54, 1.807) is 17.0 Å². The molecule has 1 aliphatic rings. The predicted molar refractivity (Wildman–Crippen MR) is 80.5 cm³/mol. The van der Waals surface area contributed by atoms with Gasteiger partial charge in [-0.15, -0.1) is 0 Å². The number of nitrogens with zero attached hydrogens (tertiary/aromatic N) is 1. The third-order valence-corrected chi connectivity index (χ3v) is 4.19. The quantitative estimate of drug-likeness (QED) is 0.860. The topological polar surface area (TPSA) is 32.3 Å². The third-order valence-electron chi connectivity index (χ3n) is 3.17. The molecular formula is C13H15Cl3N2O. The smallest absolute Gasteiger partial charge is 0.244 e. The highest BCUT2D eigenvalue weighted by molar-refractivity contribution is 6.44. The van der Waals surface area contributed by atoms with Gasteiger partial charge in [0.15, 0.2) is 0 Å². The fourth-order valence-electron chi connectivity index (χ4n) is 2.27. The van der Waals surface area contributed by atoms with Crippen LogP contribution in [0.1, 0.15) is 19.8 Å². The Labute approximate surface area is 127 Å². The van der Waals surface area contributed by atoms with E-state index in [2.05, 4.69) is 5.32 Å². The molecule has 1 saturated heterocycles. The molecule has 0 radical (unpaired) electrons. The molecule has 1 unspecified atom stereocenters. The highest BCUT2D eigenvalue weighted by atomic mass is 35.5. The van der Waals surface area contributed by atoms with Crippen LogP contribution >= 0.6 is 34.8 Å². The fourth-order valence-corrected chi connectivity index (χ4v) is 2.91. The SMILES string of the molecule is CCNC1CCCN(c2cc(Cl)c(Cl)cc2Cl)C1=O. The van der Waals surface area contributed by atoms with Crippen molar-refractivity contribution in [2.75, 3.05) is 18.0 Å². The summed E-state index contributed by atoms with van der Waals surface area (Å²) in [6.45, 7) is 3.40. The average Bonchev–Trinajstić information content (AvgIpc) is 2.37. The Kier molecular flexibility index (Phi) is 4.96. The summed E-state index contributed by atoms with van der Waals surface area (Å²) >= 11 is 18.1. The molecule has 1 heterocycles. The van der Waals surface area contributed by atoms with Gasteiger partial charge < -0.3 is 10.2 Å². The van der Waals surface area contributed by atoms with Crippen molar-refractivity contribution in [3.8, 4) is 0 Å². The third kappa shape index (κ3) is 3.16. The maximum Gasteiger partial charge on any atom is 0.244 e. The molecule has 1 aromatic carbocycles. The van der Waals surface area contributed by atoms with Crippen LogP contribution in [0.4, 0.5) is 5.69 Å². The van der Waals surface area contributed by atoms with Crippen LogP contribution in [0.25, 0.3) is 0 Å². The lowest BCUT2D eigenvalue weighted by Crippen LogP contribution is -2.50. The van der Waals surface area contributed by atoms with Gasteiger partial charge in [-0.2, -0.15) is 0 Å². The number of nitrogens with one attached hydrogen (secondary N) is 1.